The Morgan fingerprint density at radius 1 is 1.19 bits per heavy atom. The minimum atomic E-state index is -3.20. The van der Waals surface area contributed by atoms with Crippen molar-refractivity contribution in [2.45, 2.75) is 50.5 Å². The molecule has 0 atom stereocenters. The molecule has 0 saturated heterocycles. The molecule has 1 aliphatic carbocycles. The summed E-state index contributed by atoms with van der Waals surface area (Å²) in [6, 6.07) is 9.93. The predicted molar refractivity (Wildman–Crippen MR) is 98.2 cm³/mol. The van der Waals surface area contributed by atoms with Crippen molar-refractivity contribution in [2.24, 2.45) is 0 Å². The molecule has 0 spiro atoms. The molecule has 1 fully saturated rings. The molecule has 6 nitrogen and oxygen atoms in total. The number of ether oxygens (including phenoxy) is 1. The molecule has 140 valence electrons. The summed E-state index contributed by atoms with van der Waals surface area (Å²) < 4.78 is 31.6. The standard InChI is InChI=1S/C19H24N2O4S/c22-19(10-13-26(23,24)17-8-4-5-9-17)25-15-18-20-11-12-21(18)14-16-6-2-1-3-7-16/h1-3,6-7,11-12,17H,4-5,8-10,13-15H2. The van der Waals surface area contributed by atoms with Crippen LogP contribution in [0.25, 0.3) is 0 Å². The monoisotopic (exact) mass is 376 g/mol. The Morgan fingerprint density at radius 2 is 1.92 bits per heavy atom. The van der Waals surface area contributed by atoms with Gasteiger partial charge in [0.15, 0.2) is 9.84 Å². The second-order valence-electron chi connectivity index (χ2n) is 6.64. The van der Waals surface area contributed by atoms with Gasteiger partial charge >= 0.3 is 5.97 Å². The zero-order valence-electron chi connectivity index (χ0n) is 14.7. The fraction of sp³-hybridized carbons (Fsp3) is 0.474. The van der Waals surface area contributed by atoms with Crippen LogP contribution in [0, 0.1) is 0 Å². The van der Waals surface area contributed by atoms with E-state index in [-0.39, 0.29) is 24.0 Å². The summed E-state index contributed by atoms with van der Waals surface area (Å²) in [5.74, 6) is 0.0104. The van der Waals surface area contributed by atoms with Gasteiger partial charge in [0.1, 0.15) is 12.4 Å². The van der Waals surface area contributed by atoms with Gasteiger partial charge in [0.25, 0.3) is 0 Å². The second-order valence-corrected chi connectivity index (χ2v) is 9.04. The van der Waals surface area contributed by atoms with E-state index in [9.17, 15) is 13.2 Å². The Labute approximate surface area is 154 Å². The van der Waals surface area contributed by atoms with Crippen LogP contribution in [0.15, 0.2) is 42.7 Å². The Morgan fingerprint density at radius 3 is 2.65 bits per heavy atom. The molecule has 1 heterocycles. The van der Waals surface area contributed by atoms with Gasteiger partial charge in [-0.15, -0.1) is 0 Å². The van der Waals surface area contributed by atoms with Gasteiger partial charge < -0.3 is 9.30 Å². The van der Waals surface area contributed by atoms with E-state index in [1.54, 1.807) is 6.20 Å². The summed E-state index contributed by atoms with van der Waals surface area (Å²) in [6.45, 7) is 0.686. The van der Waals surface area contributed by atoms with Crippen molar-refractivity contribution in [2.75, 3.05) is 5.75 Å². The van der Waals surface area contributed by atoms with Crippen LogP contribution in [0.3, 0.4) is 0 Å². The average Bonchev–Trinajstić information content (AvgIpc) is 3.32. The Hall–Kier alpha value is -2.15. The number of carbonyl (C=O) groups is 1. The van der Waals surface area contributed by atoms with Crippen LogP contribution in [-0.4, -0.2) is 34.9 Å². The number of imidazole rings is 1. The second kappa shape index (κ2) is 8.49. The van der Waals surface area contributed by atoms with Crippen molar-refractivity contribution in [3.05, 3.63) is 54.1 Å². The molecule has 1 aromatic heterocycles. The third kappa shape index (κ3) is 4.94. The van der Waals surface area contributed by atoms with E-state index >= 15 is 0 Å². The van der Waals surface area contributed by atoms with Gasteiger partial charge in [-0.3, -0.25) is 4.79 Å². The number of sulfone groups is 1. The van der Waals surface area contributed by atoms with Crippen LogP contribution in [0.5, 0.6) is 0 Å². The number of esters is 1. The molecule has 7 heteroatoms. The molecule has 26 heavy (non-hydrogen) atoms. The van der Waals surface area contributed by atoms with Gasteiger partial charge in [-0.05, 0) is 18.4 Å². The number of rotatable bonds is 8. The lowest BCUT2D eigenvalue weighted by Gasteiger charge is -2.11. The van der Waals surface area contributed by atoms with Crippen molar-refractivity contribution in [3.63, 3.8) is 0 Å². The van der Waals surface area contributed by atoms with Crippen molar-refractivity contribution in [1.29, 1.82) is 0 Å². The highest BCUT2D eigenvalue weighted by Crippen LogP contribution is 2.25. The van der Waals surface area contributed by atoms with Crippen molar-refractivity contribution in [3.8, 4) is 0 Å². The minimum Gasteiger partial charge on any atom is -0.457 e. The summed E-state index contributed by atoms with van der Waals surface area (Å²) in [7, 11) is -3.20. The molecule has 0 N–H and O–H groups in total. The highest BCUT2D eigenvalue weighted by molar-refractivity contribution is 7.92. The molecular weight excluding hydrogens is 352 g/mol. The number of nitrogens with zero attached hydrogens (tertiary/aromatic N) is 2. The normalized spacial score (nSPS) is 15.2. The first-order valence-electron chi connectivity index (χ1n) is 8.96. The summed E-state index contributed by atoms with van der Waals surface area (Å²) in [4.78, 5) is 16.2. The van der Waals surface area contributed by atoms with E-state index in [2.05, 4.69) is 4.98 Å². The first kappa shape index (κ1) is 18.6. The minimum absolute atomic E-state index is 0.0438. The molecule has 0 unspecified atom stereocenters. The number of benzene rings is 1. The quantitative estimate of drug-likeness (QED) is 0.662. The number of aromatic nitrogens is 2. The predicted octanol–water partition coefficient (Wildman–Crippen LogP) is 2.72. The molecule has 1 aromatic carbocycles. The summed E-state index contributed by atoms with van der Waals surface area (Å²) in [6.07, 6.45) is 6.75. The molecule has 1 saturated carbocycles. The number of hydrogen-bond acceptors (Lipinski definition) is 5. The number of carbonyl (C=O) groups excluding carboxylic acids is 1. The lowest BCUT2D eigenvalue weighted by atomic mass is 10.2. The van der Waals surface area contributed by atoms with E-state index < -0.39 is 15.8 Å². The van der Waals surface area contributed by atoms with Crippen LogP contribution in [0.2, 0.25) is 0 Å². The summed E-state index contributed by atoms with van der Waals surface area (Å²) in [5.41, 5.74) is 1.13. The number of hydrogen-bond donors (Lipinski definition) is 0. The van der Waals surface area contributed by atoms with E-state index in [1.807, 2.05) is 41.1 Å². The maximum absolute atomic E-state index is 12.2. The van der Waals surface area contributed by atoms with Crippen LogP contribution in [0.4, 0.5) is 0 Å². The van der Waals surface area contributed by atoms with Gasteiger partial charge in [-0.1, -0.05) is 43.2 Å². The van der Waals surface area contributed by atoms with E-state index in [4.69, 9.17) is 4.74 Å². The fourth-order valence-corrected chi connectivity index (χ4v) is 5.10. The van der Waals surface area contributed by atoms with Crippen molar-refractivity contribution >= 4 is 15.8 Å². The Balaban J connectivity index is 1.48. The Bertz CT molecular complexity index is 824. The summed E-state index contributed by atoms with van der Waals surface area (Å²) in [5, 5.41) is -0.278. The molecule has 2 aromatic rings. The summed E-state index contributed by atoms with van der Waals surface area (Å²) >= 11 is 0. The van der Waals surface area contributed by atoms with E-state index in [1.165, 1.54) is 0 Å². The third-order valence-corrected chi connectivity index (χ3v) is 7.02. The highest BCUT2D eigenvalue weighted by Gasteiger charge is 2.29. The maximum atomic E-state index is 12.2. The lowest BCUT2D eigenvalue weighted by molar-refractivity contribution is -0.144. The zero-order chi connectivity index (χ0) is 18.4. The molecule has 0 radical (unpaired) electrons. The van der Waals surface area contributed by atoms with Crippen LogP contribution in [-0.2, 0) is 32.5 Å². The first-order chi connectivity index (χ1) is 12.5. The van der Waals surface area contributed by atoms with Crippen molar-refractivity contribution < 1.29 is 17.9 Å². The zero-order valence-corrected chi connectivity index (χ0v) is 15.5. The largest absolute Gasteiger partial charge is 0.457 e. The molecular formula is C19H24N2O4S. The first-order valence-corrected chi connectivity index (χ1v) is 10.7. The average molecular weight is 376 g/mol. The maximum Gasteiger partial charge on any atom is 0.307 e. The van der Waals surface area contributed by atoms with Crippen LogP contribution in [0.1, 0.15) is 43.5 Å². The molecule has 1 aliphatic rings. The topological polar surface area (TPSA) is 78.3 Å². The Kier molecular flexibility index (Phi) is 6.08. The molecule has 0 bridgehead atoms. The van der Waals surface area contributed by atoms with E-state index in [0.29, 0.717) is 25.2 Å². The van der Waals surface area contributed by atoms with Gasteiger partial charge in [0.2, 0.25) is 0 Å². The van der Waals surface area contributed by atoms with E-state index in [0.717, 1.165) is 18.4 Å². The third-order valence-electron chi connectivity index (χ3n) is 4.76. The van der Waals surface area contributed by atoms with Crippen molar-refractivity contribution in [1.82, 2.24) is 9.55 Å². The van der Waals surface area contributed by atoms with Gasteiger partial charge in [-0.25, -0.2) is 13.4 Å². The van der Waals surface area contributed by atoms with Gasteiger partial charge in [-0.2, -0.15) is 0 Å². The fourth-order valence-electron chi connectivity index (χ4n) is 3.26. The lowest BCUT2D eigenvalue weighted by Crippen LogP contribution is -2.23. The molecule has 0 amide bonds. The highest BCUT2D eigenvalue weighted by atomic mass is 32.2. The smallest absolute Gasteiger partial charge is 0.307 e. The van der Waals surface area contributed by atoms with Crippen LogP contribution >= 0.6 is 0 Å². The van der Waals surface area contributed by atoms with Gasteiger partial charge in [0, 0.05) is 18.9 Å². The van der Waals surface area contributed by atoms with Crippen LogP contribution < -0.4 is 0 Å². The SMILES string of the molecule is O=C(CCS(=O)(=O)C1CCCC1)OCc1nccn1Cc1ccccc1. The molecule has 3 rings (SSSR count). The van der Waals surface area contributed by atoms with Gasteiger partial charge in [0.05, 0.1) is 17.4 Å². The molecule has 0 aliphatic heterocycles.